The molecule has 11 heteroatoms. The monoisotopic (exact) mass is 432 g/mol. The van der Waals surface area contributed by atoms with Crippen LogP contribution < -0.4 is 10.1 Å². The van der Waals surface area contributed by atoms with Gasteiger partial charge in [-0.1, -0.05) is 18.6 Å². The third-order valence-electron chi connectivity index (χ3n) is 4.24. The Labute approximate surface area is 165 Å². The molecule has 0 bridgehead atoms. The molecule has 7 nitrogen and oxygen atoms in total. The number of sulfonamides is 1. The molecule has 0 radical (unpaired) electrons. The second-order valence-electron chi connectivity index (χ2n) is 6.44. The van der Waals surface area contributed by atoms with E-state index in [4.69, 9.17) is 9.15 Å². The maximum atomic E-state index is 12.6. The second-order valence-corrected chi connectivity index (χ2v) is 8.31. The molecule has 1 aromatic carbocycles. The van der Waals surface area contributed by atoms with Crippen molar-refractivity contribution in [3.63, 3.8) is 0 Å². The zero-order chi connectivity index (χ0) is 21.1. The summed E-state index contributed by atoms with van der Waals surface area (Å²) in [6.07, 6.45) is -2.08. The lowest BCUT2D eigenvalue weighted by atomic mass is 10.2. The van der Waals surface area contributed by atoms with Crippen molar-refractivity contribution in [1.82, 2.24) is 4.31 Å². The van der Waals surface area contributed by atoms with Gasteiger partial charge < -0.3 is 14.5 Å². The number of alkyl halides is 3. The number of anilines is 1. The largest absolute Gasteiger partial charge is 0.482 e. The minimum atomic E-state index is -4.53. The number of hydrogen-bond donors (Lipinski definition) is 1. The van der Waals surface area contributed by atoms with Crippen molar-refractivity contribution in [2.75, 3.05) is 25.0 Å². The number of ether oxygens (including phenoxy) is 1. The number of nitrogens with zero attached hydrogens (tertiary/aromatic N) is 1. The first kappa shape index (κ1) is 21.2. The molecule has 1 aliphatic heterocycles. The zero-order valence-electron chi connectivity index (χ0n) is 15.2. The molecule has 0 aliphatic carbocycles. The highest BCUT2D eigenvalue weighted by molar-refractivity contribution is 7.89. The van der Waals surface area contributed by atoms with E-state index < -0.39 is 28.7 Å². The highest BCUT2D eigenvalue weighted by Gasteiger charge is 2.30. The Hall–Kier alpha value is -2.53. The minimum absolute atomic E-state index is 0.00131. The van der Waals surface area contributed by atoms with Crippen LogP contribution in [0.5, 0.6) is 5.75 Å². The maximum Gasteiger partial charge on any atom is 0.422 e. The molecule has 3 rings (SSSR count). The summed E-state index contributed by atoms with van der Waals surface area (Å²) in [5.74, 6) is -1.27. The average Bonchev–Trinajstić information content (AvgIpc) is 3.19. The summed E-state index contributed by atoms with van der Waals surface area (Å²) in [5, 5.41) is 2.02. The normalized spacial score (nSPS) is 15.8. The minimum Gasteiger partial charge on any atom is -0.482 e. The molecule has 1 fully saturated rings. The Kier molecular flexibility index (Phi) is 6.18. The van der Waals surface area contributed by atoms with Crippen molar-refractivity contribution in [1.29, 1.82) is 0 Å². The highest BCUT2D eigenvalue weighted by atomic mass is 32.2. The highest BCUT2D eigenvalue weighted by Crippen LogP contribution is 2.28. The van der Waals surface area contributed by atoms with Crippen LogP contribution in [-0.4, -0.2) is 44.5 Å². The fourth-order valence-corrected chi connectivity index (χ4v) is 4.28. The standard InChI is InChI=1S/C18H19F3N2O5S/c19-18(20,21)12-27-14-7-3-2-6-13(14)22-17(24)15-8-9-16(28-15)29(25,26)23-10-4-1-5-11-23/h2-3,6-9H,1,4-5,10-12H2,(H,22,24). The molecule has 1 N–H and O–H groups in total. The summed E-state index contributed by atoms with van der Waals surface area (Å²) >= 11 is 0. The van der Waals surface area contributed by atoms with Gasteiger partial charge in [-0.3, -0.25) is 4.79 Å². The summed E-state index contributed by atoms with van der Waals surface area (Å²) < 4.78 is 73.6. The van der Waals surface area contributed by atoms with Crippen LogP contribution in [0.25, 0.3) is 0 Å². The van der Waals surface area contributed by atoms with Crippen LogP contribution in [0, 0.1) is 0 Å². The van der Waals surface area contributed by atoms with Crippen LogP contribution in [0.15, 0.2) is 45.9 Å². The van der Waals surface area contributed by atoms with Crippen LogP contribution in [0.2, 0.25) is 0 Å². The number of halogens is 3. The van der Waals surface area contributed by atoms with Gasteiger partial charge in [0.2, 0.25) is 5.09 Å². The van der Waals surface area contributed by atoms with Crippen LogP contribution in [0.1, 0.15) is 29.8 Å². The van der Waals surface area contributed by atoms with E-state index in [1.165, 1.54) is 40.7 Å². The molecule has 0 unspecified atom stereocenters. The number of carbonyl (C=O) groups excluding carboxylic acids is 1. The SMILES string of the molecule is O=C(Nc1ccccc1OCC(F)(F)F)c1ccc(S(=O)(=O)N2CCCCC2)o1. The molecule has 1 aromatic heterocycles. The Morgan fingerprint density at radius 3 is 2.48 bits per heavy atom. The lowest BCUT2D eigenvalue weighted by Gasteiger charge is -2.24. The first-order valence-corrected chi connectivity index (χ1v) is 10.3. The Balaban J connectivity index is 1.73. The number of rotatable bonds is 6. The van der Waals surface area contributed by atoms with Crippen molar-refractivity contribution in [2.24, 2.45) is 0 Å². The fourth-order valence-electron chi connectivity index (χ4n) is 2.85. The first-order chi connectivity index (χ1) is 13.7. The second kappa shape index (κ2) is 8.46. The van der Waals surface area contributed by atoms with Gasteiger partial charge in [0.05, 0.1) is 5.69 Å². The molecule has 1 saturated heterocycles. The number of benzene rings is 1. The van der Waals surface area contributed by atoms with Gasteiger partial charge in [-0.05, 0) is 37.1 Å². The van der Waals surface area contributed by atoms with Crippen molar-refractivity contribution in [2.45, 2.75) is 30.5 Å². The number of carbonyl (C=O) groups is 1. The Bertz CT molecular complexity index is 966. The lowest BCUT2D eigenvalue weighted by Crippen LogP contribution is -2.35. The van der Waals surface area contributed by atoms with E-state index in [1.807, 2.05) is 0 Å². The summed E-state index contributed by atoms with van der Waals surface area (Å²) in [5.41, 5.74) is -0.00131. The van der Waals surface area contributed by atoms with E-state index in [2.05, 4.69) is 5.32 Å². The van der Waals surface area contributed by atoms with Crippen molar-refractivity contribution >= 4 is 21.6 Å². The first-order valence-electron chi connectivity index (χ1n) is 8.87. The van der Waals surface area contributed by atoms with Crippen LogP contribution in [-0.2, 0) is 10.0 Å². The van der Waals surface area contributed by atoms with Gasteiger partial charge in [-0.15, -0.1) is 0 Å². The van der Waals surface area contributed by atoms with E-state index in [-0.39, 0.29) is 22.3 Å². The van der Waals surface area contributed by atoms with E-state index in [0.29, 0.717) is 13.1 Å². The molecule has 0 spiro atoms. The van der Waals surface area contributed by atoms with Gasteiger partial charge in [0.25, 0.3) is 15.9 Å². The number of furan rings is 1. The molecule has 2 aromatic rings. The third kappa shape index (κ3) is 5.30. The summed E-state index contributed by atoms with van der Waals surface area (Å²) in [7, 11) is -3.84. The van der Waals surface area contributed by atoms with Gasteiger partial charge in [0, 0.05) is 13.1 Å². The van der Waals surface area contributed by atoms with E-state index in [1.54, 1.807) is 0 Å². The average molecular weight is 432 g/mol. The number of hydrogen-bond acceptors (Lipinski definition) is 5. The van der Waals surface area contributed by atoms with E-state index >= 15 is 0 Å². The molecule has 1 amide bonds. The summed E-state index contributed by atoms with van der Waals surface area (Å²) in [6, 6.07) is 7.98. The van der Waals surface area contributed by atoms with Crippen molar-refractivity contribution in [3.05, 3.63) is 42.2 Å². The third-order valence-corrected chi connectivity index (χ3v) is 6.01. The molecule has 0 atom stereocenters. The van der Waals surface area contributed by atoms with Gasteiger partial charge in [-0.25, -0.2) is 8.42 Å². The van der Waals surface area contributed by atoms with Crippen molar-refractivity contribution in [3.8, 4) is 5.75 Å². The van der Waals surface area contributed by atoms with E-state index in [0.717, 1.165) is 19.3 Å². The predicted molar refractivity (Wildman–Crippen MR) is 97.3 cm³/mol. The number of piperidine rings is 1. The maximum absolute atomic E-state index is 12.6. The van der Waals surface area contributed by atoms with E-state index in [9.17, 15) is 26.4 Å². The van der Waals surface area contributed by atoms with Gasteiger partial charge in [0.1, 0.15) is 5.75 Å². The van der Waals surface area contributed by atoms with Crippen molar-refractivity contribution < 1.29 is 35.5 Å². The molecule has 158 valence electrons. The predicted octanol–water partition coefficient (Wildman–Crippen LogP) is 3.65. The quantitative estimate of drug-likeness (QED) is 0.753. The number of amides is 1. The number of para-hydroxylation sites is 2. The van der Waals surface area contributed by atoms with Crippen LogP contribution >= 0.6 is 0 Å². The van der Waals surface area contributed by atoms with Crippen LogP contribution in [0.3, 0.4) is 0 Å². The van der Waals surface area contributed by atoms with Crippen LogP contribution in [0.4, 0.5) is 18.9 Å². The molecule has 29 heavy (non-hydrogen) atoms. The number of nitrogens with one attached hydrogen (secondary N) is 1. The molecule has 2 heterocycles. The molecule has 0 saturated carbocycles. The Morgan fingerprint density at radius 2 is 1.79 bits per heavy atom. The topological polar surface area (TPSA) is 88.8 Å². The van der Waals surface area contributed by atoms with Gasteiger partial charge in [0.15, 0.2) is 12.4 Å². The van der Waals surface area contributed by atoms with Gasteiger partial charge >= 0.3 is 6.18 Å². The molecular formula is C18H19F3N2O5S. The van der Waals surface area contributed by atoms with Gasteiger partial charge in [-0.2, -0.15) is 17.5 Å². The summed E-state index contributed by atoms with van der Waals surface area (Å²) in [4.78, 5) is 12.4. The smallest absolute Gasteiger partial charge is 0.422 e. The fraction of sp³-hybridized carbons (Fsp3) is 0.389. The summed E-state index contributed by atoms with van der Waals surface area (Å²) in [6.45, 7) is -0.748. The zero-order valence-corrected chi connectivity index (χ0v) is 16.1. The Morgan fingerprint density at radius 1 is 1.10 bits per heavy atom. The lowest BCUT2D eigenvalue weighted by molar-refractivity contribution is -0.153. The molecule has 1 aliphatic rings. The molecular weight excluding hydrogens is 413 g/mol.